The van der Waals surface area contributed by atoms with Crippen molar-refractivity contribution >= 4 is 0 Å². The van der Waals surface area contributed by atoms with Crippen LogP contribution >= 0.6 is 0 Å². The molecule has 0 aliphatic heterocycles. The van der Waals surface area contributed by atoms with Crippen LogP contribution in [-0.4, -0.2) is 43.6 Å². The van der Waals surface area contributed by atoms with Gasteiger partial charge in [-0.1, -0.05) is 20.8 Å². The molecule has 4 heteroatoms. The highest BCUT2D eigenvalue weighted by Gasteiger charge is 2.34. The smallest absolute Gasteiger partial charge is 0.0659 e. The summed E-state index contributed by atoms with van der Waals surface area (Å²) in [6.07, 6.45) is 0. The number of ether oxygens (including phenoxy) is 1. The van der Waals surface area contributed by atoms with E-state index in [2.05, 4.69) is 26.1 Å². The third kappa shape index (κ3) is 4.01. The van der Waals surface area contributed by atoms with Crippen molar-refractivity contribution in [3.63, 3.8) is 0 Å². The number of hydrogen-bond donors (Lipinski definition) is 3. The molecule has 0 heterocycles. The maximum absolute atomic E-state index is 9.14. The zero-order chi connectivity index (χ0) is 12.8. The van der Waals surface area contributed by atoms with E-state index in [4.69, 9.17) is 15.6 Å². The number of hydrogen-bond acceptors (Lipinski definition) is 4. The molecule has 0 radical (unpaired) electrons. The second-order valence-electron chi connectivity index (χ2n) is 5.04. The van der Waals surface area contributed by atoms with Gasteiger partial charge in [0.15, 0.2) is 0 Å². The van der Waals surface area contributed by atoms with E-state index in [1.807, 2.05) is 6.92 Å². The molecule has 4 N–H and O–H groups in total. The average Bonchev–Trinajstić information content (AvgIpc) is 2.26. The SMILES string of the molecule is COCC(CN)(NC(C)C(C)CO)C(C)C. The van der Waals surface area contributed by atoms with Crippen LogP contribution in [-0.2, 0) is 4.74 Å². The molecule has 0 aliphatic rings. The summed E-state index contributed by atoms with van der Waals surface area (Å²) in [4.78, 5) is 0. The van der Waals surface area contributed by atoms with Crippen molar-refractivity contribution in [3.8, 4) is 0 Å². The molecule has 98 valence electrons. The van der Waals surface area contributed by atoms with E-state index in [1.54, 1.807) is 7.11 Å². The number of aliphatic hydroxyl groups excluding tert-OH is 1. The summed E-state index contributed by atoms with van der Waals surface area (Å²) < 4.78 is 5.27. The summed E-state index contributed by atoms with van der Waals surface area (Å²) in [6.45, 7) is 9.66. The molecule has 0 aromatic rings. The van der Waals surface area contributed by atoms with Crippen LogP contribution in [0.25, 0.3) is 0 Å². The van der Waals surface area contributed by atoms with E-state index in [1.165, 1.54) is 0 Å². The van der Waals surface area contributed by atoms with Crippen molar-refractivity contribution in [2.75, 3.05) is 26.9 Å². The summed E-state index contributed by atoms with van der Waals surface area (Å²) in [7, 11) is 1.69. The Balaban J connectivity index is 4.64. The van der Waals surface area contributed by atoms with E-state index in [0.29, 0.717) is 19.1 Å². The van der Waals surface area contributed by atoms with E-state index < -0.39 is 0 Å². The largest absolute Gasteiger partial charge is 0.396 e. The van der Waals surface area contributed by atoms with E-state index >= 15 is 0 Å². The fourth-order valence-electron chi connectivity index (χ4n) is 1.74. The first-order valence-corrected chi connectivity index (χ1v) is 6.01. The Kier molecular flexibility index (Phi) is 7.15. The molecule has 0 aliphatic carbocycles. The van der Waals surface area contributed by atoms with Crippen LogP contribution in [0.2, 0.25) is 0 Å². The van der Waals surface area contributed by atoms with Crippen molar-refractivity contribution in [2.45, 2.75) is 39.3 Å². The van der Waals surface area contributed by atoms with Crippen molar-refractivity contribution in [1.29, 1.82) is 0 Å². The van der Waals surface area contributed by atoms with Gasteiger partial charge in [0.25, 0.3) is 0 Å². The van der Waals surface area contributed by atoms with Crippen LogP contribution in [0.4, 0.5) is 0 Å². The van der Waals surface area contributed by atoms with Crippen LogP contribution in [0.1, 0.15) is 27.7 Å². The number of nitrogens with one attached hydrogen (secondary N) is 1. The molecule has 0 aromatic heterocycles. The van der Waals surface area contributed by atoms with Crippen LogP contribution in [0, 0.1) is 11.8 Å². The lowest BCUT2D eigenvalue weighted by molar-refractivity contribution is 0.0645. The van der Waals surface area contributed by atoms with Crippen molar-refractivity contribution in [3.05, 3.63) is 0 Å². The third-order valence-electron chi connectivity index (χ3n) is 3.53. The molecule has 3 unspecified atom stereocenters. The fourth-order valence-corrected chi connectivity index (χ4v) is 1.74. The Bertz CT molecular complexity index is 188. The van der Waals surface area contributed by atoms with Crippen molar-refractivity contribution in [1.82, 2.24) is 5.32 Å². The van der Waals surface area contributed by atoms with Gasteiger partial charge in [-0.05, 0) is 18.8 Å². The highest BCUT2D eigenvalue weighted by Crippen LogP contribution is 2.19. The first-order chi connectivity index (χ1) is 7.43. The minimum absolute atomic E-state index is 0.180. The lowest BCUT2D eigenvalue weighted by atomic mass is 9.85. The van der Waals surface area contributed by atoms with Crippen molar-refractivity contribution < 1.29 is 9.84 Å². The Labute approximate surface area is 99.6 Å². The van der Waals surface area contributed by atoms with Gasteiger partial charge in [0.05, 0.1) is 12.1 Å². The molecule has 0 saturated carbocycles. The number of aliphatic hydroxyl groups is 1. The van der Waals surface area contributed by atoms with Crippen LogP contribution in [0.15, 0.2) is 0 Å². The summed E-state index contributed by atoms with van der Waals surface area (Å²) in [5.74, 6) is 0.590. The number of methoxy groups -OCH3 is 1. The Morgan fingerprint density at radius 3 is 2.19 bits per heavy atom. The quantitative estimate of drug-likeness (QED) is 0.573. The number of nitrogens with two attached hydrogens (primary N) is 1. The zero-order valence-corrected chi connectivity index (χ0v) is 11.3. The van der Waals surface area contributed by atoms with Gasteiger partial charge in [-0.3, -0.25) is 0 Å². The van der Waals surface area contributed by atoms with Crippen molar-refractivity contribution in [2.24, 2.45) is 17.6 Å². The molecule has 16 heavy (non-hydrogen) atoms. The topological polar surface area (TPSA) is 67.5 Å². The predicted octanol–water partition coefficient (Wildman–Crippen LogP) is 0.593. The maximum atomic E-state index is 9.14. The van der Waals surface area contributed by atoms with E-state index in [9.17, 15) is 0 Å². The van der Waals surface area contributed by atoms with Gasteiger partial charge in [-0.15, -0.1) is 0 Å². The predicted molar refractivity (Wildman–Crippen MR) is 67.3 cm³/mol. The van der Waals surface area contributed by atoms with Crippen LogP contribution < -0.4 is 11.1 Å². The van der Waals surface area contributed by atoms with E-state index in [0.717, 1.165) is 0 Å². The Morgan fingerprint density at radius 2 is 1.88 bits per heavy atom. The van der Waals surface area contributed by atoms with Crippen LogP contribution in [0.3, 0.4) is 0 Å². The number of rotatable bonds is 8. The molecular formula is C12H28N2O2. The molecule has 0 saturated heterocycles. The zero-order valence-electron chi connectivity index (χ0n) is 11.3. The fraction of sp³-hybridized carbons (Fsp3) is 1.00. The lowest BCUT2D eigenvalue weighted by Gasteiger charge is -2.40. The summed E-state index contributed by atoms with van der Waals surface area (Å²) in [5, 5.41) is 12.7. The second-order valence-corrected chi connectivity index (χ2v) is 5.04. The lowest BCUT2D eigenvalue weighted by Crippen LogP contribution is -2.62. The Hall–Kier alpha value is -0.160. The molecular weight excluding hydrogens is 204 g/mol. The van der Waals surface area contributed by atoms with Crippen LogP contribution in [0.5, 0.6) is 0 Å². The molecule has 0 amide bonds. The van der Waals surface area contributed by atoms with Gasteiger partial charge in [-0.25, -0.2) is 0 Å². The summed E-state index contributed by atoms with van der Waals surface area (Å²) >= 11 is 0. The molecule has 0 rings (SSSR count). The third-order valence-corrected chi connectivity index (χ3v) is 3.53. The minimum Gasteiger partial charge on any atom is -0.396 e. The van der Waals surface area contributed by atoms with Gasteiger partial charge in [0.1, 0.15) is 0 Å². The van der Waals surface area contributed by atoms with Gasteiger partial charge in [-0.2, -0.15) is 0 Å². The molecule has 0 aromatic carbocycles. The van der Waals surface area contributed by atoms with Gasteiger partial charge in [0.2, 0.25) is 0 Å². The second kappa shape index (κ2) is 7.22. The van der Waals surface area contributed by atoms with Gasteiger partial charge in [0, 0.05) is 26.3 Å². The van der Waals surface area contributed by atoms with E-state index in [-0.39, 0.29) is 24.1 Å². The first-order valence-electron chi connectivity index (χ1n) is 6.01. The molecule has 3 atom stereocenters. The molecule has 0 bridgehead atoms. The highest BCUT2D eigenvalue weighted by molar-refractivity contribution is 4.94. The average molecular weight is 232 g/mol. The normalized spacial score (nSPS) is 19.5. The van der Waals surface area contributed by atoms with Gasteiger partial charge >= 0.3 is 0 Å². The standard InChI is InChI=1S/C12H28N2O2/c1-9(2)12(7-13,8-16-5)14-11(4)10(3)6-15/h9-11,14-15H,6-8,13H2,1-5H3. The maximum Gasteiger partial charge on any atom is 0.0659 e. The Morgan fingerprint density at radius 1 is 1.31 bits per heavy atom. The van der Waals surface area contributed by atoms with Gasteiger partial charge < -0.3 is 20.9 Å². The minimum atomic E-state index is -0.211. The first kappa shape index (κ1) is 15.8. The summed E-state index contributed by atoms with van der Waals surface area (Å²) in [5.41, 5.74) is 5.67. The molecule has 0 spiro atoms. The highest BCUT2D eigenvalue weighted by atomic mass is 16.5. The molecule has 4 nitrogen and oxygen atoms in total. The monoisotopic (exact) mass is 232 g/mol. The molecule has 0 fully saturated rings. The summed E-state index contributed by atoms with van der Waals surface area (Å²) in [6, 6.07) is 0.214.